The number of aromatic nitrogens is 2. The Balaban J connectivity index is 1.48. The molecule has 0 atom stereocenters. The zero-order valence-electron chi connectivity index (χ0n) is 12.6. The van der Waals surface area contributed by atoms with Gasteiger partial charge in [-0.05, 0) is 47.2 Å². The van der Waals surface area contributed by atoms with Crippen LogP contribution in [0.4, 0.5) is 0 Å². The first kappa shape index (κ1) is 14.9. The quantitative estimate of drug-likeness (QED) is 0.486. The highest BCUT2D eigenvalue weighted by Crippen LogP contribution is 2.22. The molecule has 0 radical (unpaired) electrons. The zero-order chi connectivity index (χ0) is 16.4. The van der Waals surface area contributed by atoms with Gasteiger partial charge in [0.15, 0.2) is 6.61 Å². The second-order valence-corrected chi connectivity index (χ2v) is 6.23. The molecule has 24 heavy (non-hydrogen) atoms. The first-order chi connectivity index (χ1) is 11.8. The summed E-state index contributed by atoms with van der Waals surface area (Å²) in [6.07, 6.45) is 0. The van der Waals surface area contributed by atoms with Crippen LogP contribution in [0, 0.1) is 0 Å². The second kappa shape index (κ2) is 6.45. The Morgan fingerprint density at radius 3 is 2.54 bits per heavy atom. The molecule has 1 aromatic heterocycles. The highest BCUT2D eigenvalue weighted by atomic mass is 79.9. The van der Waals surface area contributed by atoms with Gasteiger partial charge in [-0.25, -0.2) is 0 Å². The summed E-state index contributed by atoms with van der Waals surface area (Å²) in [5.41, 5.74) is 0.902. The minimum absolute atomic E-state index is 0.238. The van der Waals surface area contributed by atoms with Gasteiger partial charge in [-0.1, -0.05) is 51.4 Å². The van der Waals surface area contributed by atoms with Crippen molar-refractivity contribution in [2.75, 3.05) is 0 Å². The molecule has 5 heteroatoms. The lowest BCUT2D eigenvalue weighted by molar-refractivity contribution is 0.243. The second-order valence-electron chi connectivity index (χ2n) is 5.32. The molecule has 0 fully saturated rings. The fourth-order valence-corrected chi connectivity index (χ4v) is 2.70. The lowest BCUT2D eigenvalue weighted by atomic mass is 10.1. The Labute approximate surface area is 147 Å². The predicted octanol–water partition coefficient (Wildman–Crippen LogP) is 5.23. The Hall–Kier alpha value is -2.66. The third-order valence-corrected chi connectivity index (χ3v) is 4.18. The van der Waals surface area contributed by atoms with Gasteiger partial charge in [-0.2, -0.15) is 4.98 Å². The van der Waals surface area contributed by atoms with Crippen LogP contribution < -0.4 is 4.74 Å². The van der Waals surface area contributed by atoms with Gasteiger partial charge in [0.2, 0.25) is 5.82 Å². The number of rotatable bonds is 4. The topological polar surface area (TPSA) is 48.2 Å². The van der Waals surface area contributed by atoms with Gasteiger partial charge < -0.3 is 9.26 Å². The third kappa shape index (κ3) is 3.16. The number of nitrogens with zero attached hydrogens (tertiary/aromatic N) is 2. The fraction of sp³-hybridized carbons (Fsp3) is 0.0526. The Bertz CT molecular complexity index is 980. The van der Waals surface area contributed by atoms with Gasteiger partial charge in [0.1, 0.15) is 5.75 Å². The summed E-state index contributed by atoms with van der Waals surface area (Å²) < 4.78 is 12.0. The maximum Gasteiger partial charge on any atom is 0.264 e. The minimum atomic E-state index is 0.238. The van der Waals surface area contributed by atoms with E-state index >= 15 is 0 Å². The van der Waals surface area contributed by atoms with Crippen molar-refractivity contribution in [1.29, 1.82) is 0 Å². The van der Waals surface area contributed by atoms with E-state index in [0.29, 0.717) is 11.7 Å². The van der Waals surface area contributed by atoms with Gasteiger partial charge in [-0.15, -0.1) is 0 Å². The molecule has 0 bridgehead atoms. The molecule has 0 amide bonds. The standard InChI is InChI=1S/C19H13BrN2O2/c20-16-8-5-14(6-9-16)19-21-18(24-22-19)12-23-17-10-7-13-3-1-2-4-15(13)11-17/h1-11H,12H2. The molecule has 0 saturated heterocycles. The lowest BCUT2D eigenvalue weighted by Crippen LogP contribution is -1.95. The van der Waals surface area contributed by atoms with E-state index in [1.54, 1.807) is 0 Å². The summed E-state index contributed by atoms with van der Waals surface area (Å²) in [6, 6.07) is 21.9. The van der Waals surface area contributed by atoms with Crippen LogP contribution in [-0.2, 0) is 6.61 Å². The monoisotopic (exact) mass is 380 g/mol. The SMILES string of the molecule is Brc1ccc(-c2noc(COc3ccc4ccccc4c3)n2)cc1. The van der Waals surface area contributed by atoms with Crippen molar-refractivity contribution in [3.8, 4) is 17.1 Å². The van der Waals surface area contributed by atoms with E-state index in [1.807, 2.05) is 54.6 Å². The summed E-state index contributed by atoms with van der Waals surface area (Å²) in [4.78, 5) is 4.37. The minimum Gasteiger partial charge on any atom is -0.484 e. The summed E-state index contributed by atoms with van der Waals surface area (Å²) in [7, 11) is 0. The van der Waals surface area contributed by atoms with Crippen molar-refractivity contribution < 1.29 is 9.26 Å². The van der Waals surface area contributed by atoms with E-state index < -0.39 is 0 Å². The van der Waals surface area contributed by atoms with E-state index in [4.69, 9.17) is 9.26 Å². The van der Waals surface area contributed by atoms with Crippen molar-refractivity contribution in [2.45, 2.75) is 6.61 Å². The van der Waals surface area contributed by atoms with Gasteiger partial charge in [0.05, 0.1) is 0 Å². The molecule has 0 aliphatic heterocycles. The normalized spacial score (nSPS) is 10.9. The van der Waals surface area contributed by atoms with E-state index in [2.05, 4.69) is 38.2 Å². The maximum atomic E-state index is 5.76. The molecule has 0 N–H and O–H groups in total. The zero-order valence-corrected chi connectivity index (χ0v) is 14.2. The van der Waals surface area contributed by atoms with Crippen LogP contribution in [0.3, 0.4) is 0 Å². The van der Waals surface area contributed by atoms with Crippen molar-refractivity contribution in [3.05, 3.63) is 77.1 Å². The maximum absolute atomic E-state index is 5.76. The molecule has 0 aliphatic carbocycles. The number of halogens is 1. The molecule has 1 heterocycles. The number of ether oxygens (including phenoxy) is 1. The van der Waals surface area contributed by atoms with Gasteiger partial charge in [0, 0.05) is 10.0 Å². The van der Waals surface area contributed by atoms with Gasteiger partial charge >= 0.3 is 0 Å². The average molecular weight is 381 g/mol. The van der Waals surface area contributed by atoms with Crippen molar-refractivity contribution in [1.82, 2.24) is 10.1 Å². The van der Waals surface area contributed by atoms with Crippen LogP contribution in [0.2, 0.25) is 0 Å². The Morgan fingerprint density at radius 1 is 0.917 bits per heavy atom. The molecule has 4 aromatic rings. The fourth-order valence-electron chi connectivity index (χ4n) is 2.43. The molecule has 3 aromatic carbocycles. The molecule has 0 saturated carbocycles. The summed E-state index contributed by atoms with van der Waals surface area (Å²) in [5.74, 6) is 1.78. The van der Waals surface area contributed by atoms with Crippen LogP contribution in [-0.4, -0.2) is 10.1 Å². The molecule has 0 spiro atoms. The number of hydrogen-bond donors (Lipinski definition) is 0. The first-order valence-electron chi connectivity index (χ1n) is 7.48. The Morgan fingerprint density at radius 2 is 1.71 bits per heavy atom. The van der Waals surface area contributed by atoms with Crippen LogP contribution in [0.1, 0.15) is 5.89 Å². The number of benzene rings is 3. The molecule has 4 rings (SSSR count). The smallest absolute Gasteiger partial charge is 0.264 e. The third-order valence-electron chi connectivity index (χ3n) is 3.65. The molecular weight excluding hydrogens is 368 g/mol. The van der Waals surface area contributed by atoms with E-state index in [9.17, 15) is 0 Å². The molecule has 0 unspecified atom stereocenters. The summed E-state index contributed by atoms with van der Waals surface area (Å²) in [6.45, 7) is 0.238. The predicted molar refractivity (Wildman–Crippen MR) is 95.7 cm³/mol. The van der Waals surface area contributed by atoms with E-state index in [-0.39, 0.29) is 6.61 Å². The van der Waals surface area contributed by atoms with Crippen LogP contribution in [0.15, 0.2) is 75.7 Å². The van der Waals surface area contributed by atoms with Crippen LogP contribution in [0.25, 0.3) is 22.2 Å². The molecular formula is C19H13BrN2O2. The van der Waals surface area contributed by atoms with Crippen LogP contribution >= 0.6 is 15.9 Å². The van der Waals surface area contributed by atoms with Gasteiger partial charge in [0.25, 0.3) is 5.89 Å². The van der Waals surface area contributed by atoms with Crippen LogP contribution in [0.5, 0.6) is 5.75 Å². The lowest BCUT2D eigenvalue weighted by Gasteiger charge is -2.04. The Kier molecular flexibility index (Phi) is 4.01. The summed E-state index contributed by atoms with van der Waals surface area (Å²) in [5, 5.41) is 6.31. The first-order valence-corrected chi connectivity index (χ1v) is 8.27. The number of fused-ring (bicyclic) bond motifs is 1. The highest BCUT2D eigenvalue weighted by Gasteiger charge is 2.09. The van der Waals surface area contributed by atoms with E-state index in [1.165, 1.54) is 5.39 Å². The average Bonchev–Trinajstić information content (AvgIpc) is 3.09. The van der Waals surface area contributed by atoms with Gasteiger partial charge in [-0.3, -0.25) is 0 Å². The van der Waals surface area contributed by atoms with Crippen molar-refractivity contribution in [3.63, 3.8) is 0 Å². The molecule has 0 aliphatic rings. The molecule has 4 nitrogen and oxygen atoms in total. The van der Waals surface area contributed by atoms with Crippen molar-refractivity contribution in [2.24, 2.45) is 0 Å². The number of hydrogen-bond acceptors (Lipinski definition) is 4. The highest BCUT2D eigenvalue weighted by molar-refractivity contribution is 9.10. The molecule has 118 valence electrons. The van der Waals surface area contributed by atoms with E-state index in [0.717, 1.165) is 21.2 Å². The largest absolute Gasteiger partial charge is 0.484 e. The van der Waals surface area contributed by atoms with Crippen molar-refractivity contribution >= 4 is 26.7 Å². The summed E-state index contributed by atoms with van der Waals surface area (Å²) >= 11 is 3.41.